The quantitative estimate of drug-likeness (QED) is 0.169. The lowest BCUT2D eigenvalue weighted by Gasteiger charge is -2.09. The minimum atomic E-state index is 0.593. The maximum Gasteiger partial charge on any atom is 0.164 e. The molecule has 0 fully saturated rings. The molecule has 4 aromatic heterocycles. The molecule has 0 aliphatic carbocycles. The van der Waals surface area contributed by atoms with E-state index in [2.05, 4.69) is 97.1 Å². The fourth-order valence-electron chi connectivity index (χ4n) is 7.43. The van der Waals surface area contributed by atoms with E-state index in [9.17, 15) is 0 Å². The molecule has 11 aromatic rings. The van der Waals surface area contributed by atoms with Gasteiger partial charge in [-0.3, -0.25) is 0 Å². The summed E-state index contributed by atoms with van der Waals surface area (Å²) in [7, 11) is 0. The Morgan fingerprint density at radius 1 is 0.375 bits per heavy atom. The Labute approximate surface area is 325 Å². The van der Waals surface area contributed by atoms with Crippen LogP contribution in [0.2, 0.25) is 0 Å². The fraction of sp³-hybridized carbons (Fsp3) is 0. The molecule has 0 atom stereocenters. The van der Waals surface area contributed by atoms with Crippen LogP contribution in [0.4, 0.5) is 0 Å². The van der Waals surface area contributed by atoms with Crippen LogP contribution in [0, 0.1) is 0 Å². The number of benzene rings is 7. The van der Waals surface area contributed by atoms with Crippen molar-refractivity contribution in [3.05, 3.63) is 176 Å². The number of rotatable bonds is 6. The van der Waals surface area contributed by atoms with E-state index in [1.54, 1.807) is 11.3 Å². The number of thiophene rings is 1. The van der Waals surface area contributed by atoms with Crippen LogP contribution in [0.3, 0.4) is 0 Å². The van der Waals surface area contributed by atoms with Crippen molar-refractivity contribution in [2.75, 3.05) is 0 Å². The summed E-state index contributed by atoms with van der Waals surface area (Å²) >= 11 is 1.71. The van der Waals surface area contributed by atoms with E-state index in [4.69, 9.17) is 29.3 Å². The lowest BCUT2D eigenvalue weighted by atomic mass is 10.0. The van der Waals surface area contributed by atoms with E-state index in [1.807, 2.05) is 78.9 Å². The van der Waals surface area contributed by atoms with Crippen LogP contribution in [0.1, 0.15) is 0 Å². The van der Waals surface area contributed by atoms with Gasteiger partial charge in [-0.2, -0.15) is 0 Å². The number of nitrogens with zero attached hydrogens (tertiary/aromatic N) is 5. The van der Waals surface area contributed by atoms with Gasteiger partial charge < -0.3 is 4.42 Å². The summed E-state index contributed by atoms with van der Waals surface area (Å²) in [5, 5.41) is 3.07. The lowest BCUT2D eigenvalue weighted by molar-refractivity contribution is 0.670. The zero-order valence-electron chi connectivity index (χ0n) is 29.8. The predicted octanol–water partition coefficient (Wildman–Crippen LogP) is 12.9. The standard InChI is InChI=1S/C49H29N5OS/c1-4-14-30(15-5-1)33-20-12-21-34(28-33)48-50-42-37-22-10-11-25-41(37)56-45(42)43(51-48)38-24-13-23-36-39-29-35(26-27-40(39)55-44(36)38)49-53-46(31-16-6-2-7-17-31)52-47(54-49)32-18-8-3-9-19-32/h1-29H. The SMILES string of the molecule is c1ccc(-c2cccc(-c3nc(-c4cccc5c4oc4ccc(-c6nc(-c7ccccc7)nc(-c7ccccc7)n6)cc45)c4sc5ccccc5c4n3)c2)cc1. The Morgan fingerprint density at radius 2 is 0.929 bits per heavy atom. The second-order valence-corrected chi connectivity index (χ2v) is 14.7. The third-order valence-electron chi connectivity index (χ3n) is 10.2. The van der Waals surface area contributed by atoms with Crippen LogP contribution in [0.15, 0.2) is 180 Å². The normalized spacial score (nSPS) is 11.6. The van der Waals surface area contributed by atoms with Gasteiger partial charge in [0.15, 0.2) is 23.3 Å². The molecule has 6 nitrogen and oxygen atoms in total. The topological polar surface area (TPSA) is 77.6 Å². The van der Waals surface area contributed by atoms with E-state index in [-0.39, 0.29) is 0 Å². The van der Waals surface area contributed by atoms with E-state index in [1.165, 1.54) is 0 Å². The third kappa shape index (κ3) is 5.52. The number of hydrogen-bond donors (Lipinski definition) is 0. The Bertz CT molecular complexity index is 3190. The molecule has 0 aliphatic rings. The highest BCUT2D eigenvalue weighted by molar-refractivity contribution is 7.26. The molecular weight excluding hydrogens is 707 g/mol. The molecule has 0 saturated carbocycles. The molecule has 0 spiro atoms. The van der Waals surface area contributed by atoms with Gasteiger partial charge in [0.1, 0.15) is 11.2 Å². The molecule has 0 radical (unpaired) electrons. The first-order valence-corrected chi connectivity index (χ1v) is 19.2. The van der Waals surface area contributed by atoms with Gasteiger partial charge in [-0.15, -0.1) is 11.3 Å². The average molecular weight is 736 g/mol. The summed E-state index contributed by atoms with van der Waals surface area (Å²) in [5.41, 5.74) is 10.2. The first kappa shape index (κ1) is 32.1. The van der Waals surface area contributed by atoms with E-state index in [0.29, 0.717) is 23.3 Å². The summed E-state index contributed by atoms with van der Waals surface area (Å²) in [6.07, 6.45) is 0. The molecular formula is C49H29N5OS. The predicted molar refractivity (Wildman–Crippen MR) is 228 cm³/mol. The zero-order valence-corrected chi connectivity index (χ0v) is 30.6. The Kier molecular flexibility index (Phi) is 7.57. The highest BCUT2D eigenvalue weighted by Gasteiger charge is 2.21. The Balaban J connectivity index is 1.09. The summed E-state index contributed by atoms with van der Waals surface area (Å²) in [4.78, 5) is 25.4. The average Bonchev–Trinajstić information content (AvgIpc) is 3.85. The van der Waals surface area contributed by atoms with Crippen molar-refractivity contribution in [1.82, 2.24) is 24.9 Å². The molecule has 11 rings (SSSR count). The van der Waals surface area contributed by atoms with Gasteiger partial charge in [0.25, 0.3) is 0 Å². The molecule has 7 heteroatoms. The van der Waals surface area contributed by atoms with Gasteiger partial charge in [0, 0.05) is 48.7 Å². The first-order valence-electron chi connectivity index (χ1n) is 18.4. The Hall–Kier alpha value is -7.35. The number of fused-ring (bicyclic) bond motifs is 6. The fourth-order valence-corrected chi connectivity index (χ4v) is 8.58. The molecule has 0 saturated heterocycles. The minimum absolute atomic E-state index is 0.593. The van der Waals surface area contributed by atoms with Gasteiger partial charge >= 0.3 is 0 Å². The van der Waals surface area contributed by atoms with Crippen molar-refractivity contribution in [2.24, 2.45) is 0 Å². The van der Waals surface area contributed by atoms with Crippen molar-refractivity contribution in [3.8, 4) is 67.9 Å². The summed E-state index contributed by atoms with van der Waals surface area (Å²) in [6.45, 7) is 0. The second-order valence-electron chi connectivity index (χ2n) is 13.7. The summed E-state index contributed by atoms with van der Waals surface area (Å²) in [6, 6.07) is 59.8. The first-order chi connectivity index (χ1) is 27.7. The van der Waals surface area contributed by atoms with Crippen molar-refractivity contribution < 1.29 is 4.42 Å². The van der Waals surface area contributed by atoms with Crippen LogP contribution in [-0.4, -0.2) is 24.9 Å². The van der Waals surface area contributed by atoms with Crippen LogP contribution >= 0.6 is 11.3 Å². The third-order valence-corrected chi connectivity index (χ3v) is 11.3. The van der Waals surface area contributed by atoms with Crippen molar-refractivity contribution in [3.63, 3.8) is 0 Å². The maximum absolute atomic E-state index is 6.75. The van der Waals surface area contributed by atoms with Gasteiger partial charge in [0.05, 0.1) is 15.9 Å². The van der Waals surface area contributed by atoms with Crippen LogP contribution in [0.25, 0.3) is 110 Å². The van der Waals surface area contributed by atoms with E-state index >= 15 is 0 Å². The van der Waals surface area contributed by atoms with Crippen LogP contribution < -0.4 is 0 Å². The smallest absolute Gasteiger partial charge is 0.164 e. The monoisotopic (exact) mass is 735 g/mol. The Morgan fingerprint density at radius 3 is 1.66 bits per heavy atom. The number of furan rings is 1. The van der Waals surface area contributed by atoms with Crippen molar-refractivity contribution >= 4 is 53.6 Å². The molecule has 0 aliphatic heterocycles. The number of para-hydroxylation sites is 1. The number of aromatic nitrogens is 5. The zero-order chi connectivity index (χ0) is 37.0. The van der Waals surface area contributed by atoms with Gasteiger partial charge in [-0.1, -0.05) is 140 Å². The molecule has 0 amide bonds. The molecule has 262 valence electrons. The van der Waals surface area contributed by atoms with Crippen molar-refractivity contribution in [1.29, 1.82) is 0 Å². The summed E-state index contributed by atoms with van der Waals surface area (Å²) < 4.78 is 8.94. The highest BCUT2D eigenvalue weighted by atomic mass is 32.1. The minimum Gasteiger partial charge on any atom is -0.455 e. The molecule has 0 N–H and O–H groups in total. The van der Waals surface area contributed by atoms with Gasteiger partial charge in [-0.25, -0.2) is 24.9 Å². The van der Waals surface area contributed by atoms with Crippen LogP contribution in [-0.2, 0) is 0 Å². The van der Waals surface area contributed by atoms with E-state index < -0.39 is 0 Å². The van der Waals surface area contributed by atoms with Crippen LogP contribution in [0.5, 0.6) is 0 Å². The van der Waals surface area contributed by atoms with Gasteiger partial charge in [-0.05, 0) is 47.5 Å². The maximum atomic E-state index is 6.75. The molecule has 0 unspecified atom stereocenters. The molecule has 56 heavy (non-hydrogen) atoms. The van der Waals surface area contributed by atoms with Crippen molar-refractivity contribution in [2.45, 2.75) is 0 Å². The molecule has 4 heterocycles. The highest BCUT2D eigenvalue weighted by Crippen LogP contribution is 2.43. The largest absolute Gasteiger partial charge is 0.455 e. The van der Waals surface area contributed by atoms with Gasteiger partial charge in [0.2, 0.25) is 0 Å². The molecule has 7 aromatic carbocycles. The summed E-state index contributed by atoms with van der Waals surface area (Å²) in [5.74, 6) is 2.50. The number of hydrogen-bond acceptors (Lipinski definition) is 7. The second kappa shape index (κ2) is 13.2. The van der Waals surface area contributed by atoms with E-state index in [0.717, 1.165) is 86.9 Å². The lowest BCUT2D eigenvalue weighted by Crippen LogP contribution is -2.00. The molecule has 0 bridgehead atoms.